The largest absolute Gasteiger partial charge is 0.461 e. The van der Waals surface area contributed by atoms with Gasteiger partial charge < -0.3 is 10.5 Å². The van der Waals surface area contributed by atoms with E-state index in [1.807, 2.05) is 6.92 Å². The second-order valence-electron chi connectivity index (χ2n) is 2.96. The molecule has 1 aromatic rings. The van der Waals surface area contributed by atoms with Gasteiger partial charge >= 0.3 is 5.97 Å². The lowest BCUT2D eigenvalue weighted by molar-refractivity contribution is 0.0504. The standard InChI is InChI=1S/C9H14N2O2S/c1-3-4-5-13-8(12)7-6(2)11-9(10)14-7/h3-5H2,1-2H3,(H2,10,11). The molecule has 0 aliphatic carbocycles. The summed E-state index contributed by atoms with van der Waals surface area (Å²) in [5.74, 6) is -0.315. The fraction of sp³-hybridized carbons (Fsp3) is 0.556. The van der Waals surface area contributed by atoms with Gasteiger partial charge in [0.05, 0.1) is 12.3 Å². The molecule has 5 heteroatoms. The number of aromatic nitrogens is 1. The van der Waals surface area contributed by atoms with Crippen LogP contribution in [0.4, 0.5) is 5.13 Å². The minimum Gasteiger partial charge on any atom is -0.461 e. The average Bonchev–Trinajstić information content (AvgIpc) is 2.45. The van der Waals surface area contributed by atoms with E-state index in [-0.39, 0.29) is 5.97 Å². The average molecular weight is 214 g/mol. The van der Waals surface area contributed by atoms with E-state index in [1.165, 1.54) is 11.3 Å². The van der Waals surface area contributed by atoms with Crippen molar-refractivity contribution < 1.29 is 9.53 Å². The maximum Gasteiger partial charge on any atom is 0.350 e. The lowest BCUT2D eigenvalue weighted by Crippen LogP contribution is -2.05. The first-order valence-electron chi connectivity index (χ1n) is 4.55. The Bertz CT molecular complexity index is 323. The Morgan fingerprint density at radius 1 is 1.64 bits per heavy atom. The van der Waals surface area contributed by atoms with Crippen LogP contribution in [-0.2, 0) is 4.74 Å². The number of thiazole rings is 1. The highest BCUT2D eigenvalue weighted by Gasteiger charge is 2.14. The van der Waals surface area contributed by atoms with Gasteiger partial charge in [0.2, 0.25) is 0 Å². The summed E-state index contributed by atoms with van der Waals surface area (Å²) >= 11 is 1.17. The summed E-state index contributed by atoms with van der Waals surface area (Å²) in [6.45, 7) is 4.26. The minimum absolute atomic E-state index is 0.315. The molecule has 0 aromatic carbocycles. The molecule has 0 unspecified atom stereocenters. The molecule has 0 amide bonds. The number of ether oxygens (including phenoxy) is 1. The van der Waals surface area contributed by atoms with Gasteiger partial charge in [-0.05, 0) is 13.3 Å². The molecule has 1 rings (SSSR count). The lowest BCUT2D eigenvalue weighted by Gasteiger charge is -2.01. The zero-order chi connectivity index (χ0) is 10.6. The van der Waals surface area contributed by atoms with Crippen LogP contribution >= 0.6 is 11.3 Å². The molecule has 0 bridgehead atoms. The third-order valence-corrected chi connectivity index (χ3v) is 2.70. The number of anilines is 1. The molecule has 0 atom stereocenters. The Morgan fingerprint density at radius 3 is 2.86 bits per heavy atom. The van der Waals surface area contributed by atoms with Crippen molar-refractivity contribution in [2.24, 2.45) is 0 Å². The number of aryl methyl sites for hydroxylation is 1. The zero-order valence-electron chi connectivity index (χ0n) is 8.37. The van der Waals surface area contributed by atoms with Crippen LogP contribution < -0.4 is 5.73 Å². The molecule has 0 aliphatic rings. The van der Waals surface area contributed by atoms with Crippen LogP contribution in [0.5, 0.6) is 0 Å². The van der Waals surface area contributed by atoms with E-state index in [0.717, 1.165) is 12.8 Å². The van der Waals surface area contributed by atoms with Crippen LogP contribution in [0.2, 0.25) is 0 Å². The molecular formula is C9H14N2O2S. The maximum atomic E-state index is 11.4. The fourth-order valence-electron chi connectivity index (χ4n) is 0.981. The van der Waals surface area contributed by atoms with Crippen LogP contribution in [-0.4, -0.2) is 17.6 Å². The molecule has 0 spiro atoms. The highest BCUT2D eigenvalue weighted by molar-refractivity contribution is 7.17. The van der Waals surface area contributed by atoms with E-state index in [2.05, 4.69) is 4.98 Å². The van der Waals surface area contributed by atoms with Crippen molar-refractivity contribution in [2.75, 3.05) is 12.3 Å². The number of rotatable bonds is 4. The van der Waals surface area contributed by atoms with Gasteiger partial charge in [-0.2, -0.15) is 0 Å². The summed E-state index contributed by atoms with van der Waals surface area (Å²) in [6.07, 6.45) is 1.90. The van der Waals surface area contributed by atoms with Gasteiger partial charge in [-0.25, -0.2) is 9.78 Å². The molecule has 0 radical (unpaired) electrons. The lowest BCUT2D eigenvalue weighted by atomic mass is 10.3. The summed E-state index contributed by atoms with van der Waals surface area (Å²) < 4.78 is 5.04. The number of hydrogen-bond donors (Lipinski definition) is 1. The molecule has 14 heavy (non-hydrogen) atoms. The molecule has 0 saturated carbocycles. The molecule has 1 aromatic heterocycles. The van der Waals surface area contributed by atoms with Gasteiger partial charge in [-0.15, -0.1) is 0 Å². The molecule has 4 nitrogen and oxygen atoms in total. The number of nitrogens with zero attached hydrogens (tertiary/aromatic N) is 1. The van der Waals surface area contributed by atoms with Crippen LogP contribution in [0.3, 0.4) is 0 Å². The summed E-state index contributed by atoms with van der Waals surface area (Å²) in [4.78, 5) is 15.9. The highest BCUT2D eigenvalue weighted by atomic mass is 32.1. The van der Waals surface area contributed by atoms with Gasteiger partial charge in [0.25, 0.3) is 0 Å². The van der Waals surface area contributed by atoms with Gasteiger partial charge in [0, 0.05) is 0 Å². The highest BCUT2D eigenvalue weighted by Crippen LogP contribution is 2.20. The second kappa shape index (κ2) is 4.95. The van der Waals surface area contributed by atoms with Crippen LogP contribution in [0.1, 0.15) is 35.1 Å². The Balaban J connectivity index is 2.56. The summed E-state index contributed by atoms with van der Waals surface area (Å²) in [6, 6.07) is 0. The van der Waals surface area contributed by atoms with Crippen molar-refractivity contribution in [1.29, 1.82) is 0 Å². The number of hydrogen-bond acceptors (Lipinski definition) is 5. The third kappa shape index (κ3) is 2.70. The normalized spacial score (nSPS) is 10.1. The van der Waals surface area contributed by atoms with Gasteiger partial charge in [0.15, 0.2) is 5.13 Å². The molecule has 1 heterocycles. The topological polar surface area (TPSA) is 65.2 Å². The molecule has 0 fully saturated rings. The monoisotopic (exact) mass is 214 g/mol. The number of carbonyl (C=O) groups is 1. The summed E-state index contributed by atoms with van der Waals surface area (Å²) in [5, 5.41) is 0.407. The Morgan fingerprint density at radius 2 is 2.36 bits per heavy atom. The molecule has 2 N–H and O–H groups in total. The number of nitrogen functional groups attached to an aromatic ring is 1. The quantitative estimate of drug-likeness (QED) is 0.615. The van der Waals surface area contributed by atoms with Crippen molar-refractivity contribution in [3.63, 3.8) is 0 Å². The predicted octanol–water partition coefficient (Wildman–Crippen LogP) is 1.99. The Labute approximate surface area is 87.1 Å². The number of unbranched alkanes of at least 4 members (excludes halogenated alkanes) is 1. The van der Waals surface area contributed by atoms with Crippen molar-refractivity contribution in [1.82, 2.24) is 4.98 Å². The minimum atomic E-state index is -0.315. The summed E-state index contributed by atoms with van der Waals surface area (Å²) in [5.41, 5.74) is 6.12. The second-order valence-corrected chi connectivity index (χ2v) is 3.99. The first-order chi connectivity index (χ1) is 6.65. The first kappa shape index (κ1) is 11.0. The van der Waals surface area contributed by atoms with E-state index in [4.69, 9.17) is 10.5 Å². The van der Waals surface area contributed by atoms with Gasteiger partial charge in [-0.1, -0.05) is 24.7 Å². The van der Waals surface area contributed by atoms with Crippen LogP contribution in [0, 0.1) is 6.92 Å². The van der Waals surface area contributed by atoms with Crippen LogP contribution in [0.15, 0.2) is 0 Å². The van der Waals surface area contributed by atoms with E-state index in [9.17, 15) is 4.79 Å². The van der Waals surface area contributed by atoms with Crippen LogP contribution in [0.25, 0.3) is 0 Å². The van der Waals surface area contributed by atoms with Gasteiger partial charge in [-0.3, -0.25) is 0 Å². The Kier molecular flexibility index (Phi) is 3.88. The van der Waals surface area contributed by atoms with Crippen molar-refractivity contribution in [2.45, 2.75) is 26.7 Å². The summed E-state index contributed by atoms with van der Waals surface area (Å²) in [7, 11) is 0. The van der Waals surface area contributed by atoms with E-state index in [0.29, 0.717) is 22.3 Å². The van der Waals surface area contributed by atoms with E-state index < -0.39 is 0 Å². The maximum absolute atomic E-state index is 11.4. The van der Waals surface area contributed by atoms with Crippen molar-refractivity contribution >= 4 is 22.4 Å². The molecule has 78 valence electrons. The number of nitrogens with two attached hydrogens (primary N) is 1. The molecule has 0 saturated heterocycles. The molecule has 0 aliphatic heterocycles. The van der Waals surface area contributed by atoms with Gasteiger partial charge in [0.1, 0.15) is 4.88 Å². The van der Waals surface area contributed by atoms with E-state index in [1.54, 1.807) is 6.92 Å². The Hall–Kier alpha value is -1.10. The fourth-order valence-corrected chi connectivity index (χ4v) is 1.71. The smallest absolute Gasteiger partial charge is 0.350 e. The van der Waals surface area contributed by atoms with E-state index >= 15 is 0 Å². The van der Waals surface area contributed by atoms with Crippen molar-refractivity contribution in [3.05, 3.63) is 10.6 Å². The number of esters is 1. The SMILES string of the molecule is CCCCOC(=O)c1sc(N)nc1C. The predicted molar refractivity (Wildman–Crippen MR) is 56.5 cm³/mol. The third-order valence-electron chi connectivity index (χ3n) is 1.73. The molecular weight excluding hydrogens is 200 g/mol. The zero-order valence-corrected chi connectivity index (χ0v) is 9.19. The first-order valence-corrected chi connectivity index (χ1v) is 5.36. The number of carbonyl (C=O) groups excluding carboxylic acids is 1. The van der Waals surface area contributed by atoms with Crippen molar-refractivity contribution in [3.8, 4) is 0 Å².